The average molecular weight is 346 g/mol. The second-order valence-corrected chi connectivity index (χ2v) is 6.20. The van der Waals surface area contributed by atoms with E-state index in [1.807, 2.05) is 56.3 Å². The Balaban J connectivity index is 1.47. The Kier molecular flexibility index (Phi) is 4.05. The molecule has 4 aromatic rings. The third kappa shape index (κ3) is 2.99. The van der Waals surface area contributed by atoms with Gasteiger partial charge in [-0.1, -0.05) is 30.3 Å². The summed E-state index contributed by atoms with van der Waals surface area (Å²) in [5, 5.41) is 1.03. The van der Waals surface area contributed by atoms with Crippen LogP contribution in [0.15, 0.2) is 59.1 Å². The van der Waals surface area contributed by atoms with Gasteiger partial charge in [-0.15, -0.1) is 0 Å². The fourth-order valence-corrected chi connectivity index (χ4v) is 2.91. The molecule has 0 aliphatic carbocycles. The van der Waals surface area contributed by atoms with E-state index in [1.165, 1.54) is 0 Å². The zero-order chi connectivity index (χ0) is 18.1. The summed E-state index contributed by atoms with van der Waals surface area (Å²) in [6, 6.07) is 15.2. The van der Waals surface area contributed by atoms with Crippen LogP contribution in [0, 0.1) is 13.8 Å². The minimum atomic E-state index is -0.399. The van der Waals surface area contributed by atoms with Gasteiger partial charge in [0.25, 0.3) is 0 Å². The molecule has 2 heterocycles. The van der Waals surface area contributed by atoms with E-state index in [1.54, 1.807) is 12.3 Å². The monoisotopic (exact) mass is 346 g/mol. The van der Waals surface area contributed by atoms with E-state index >= 15 is 0 Å². The van der Waals surface area contributed by atoms with Crippen LogP contribution in [0.4, 0.5) is 0 Å². The number of benzene rings is 2. The SMILES string of the molecule is Cc1[nH]c2ccc(C(=O)OCc3ncc(-c4ccccc4)o3)cc2c1C. The molecule has 4 rings (SSSR count). The molecule has 0 saturated carbocycles. The number of carbonyl (C=O) groups excluding carboxylic acids is 1. The minimum absolute atomic E-state index is 0.00511. The Morgan fingerprint density at radius 1 is 1.15 bits per heavy atom. The smallest absolute Gasteiger partial charge is 0.338 e. The van der Waals surface area contributed by atoms with E-state index in [9.17, 15) is 4.79 Å². The minimum Gasteiger partial charge on any atom is -0.452 e. The lowest BCUT2D eigenvalue weighted by molar-refractivity contribution is 0.0439. The summed E-state index contributed by atoms with van der Waals surface area (Å²) in [4.78, 5) is 19.8. The van der Waals surface area contributed by atoms with Crippen LogP contribution in [-0.2, 0) is 11.3 Å². The van der Waals surface area contributed by atoms with Crippen molar-refractivity contribution in [2.75, 3.05) is 0 Å². The lowest BCUT2D eigenvalue weighted by atomic mass is 10.1. The van der Waals surface area contributed by atoms with E-state index in [0.29, 0.717) is 17.2 Å². The van der Waals surface area contributed by atoms with Crippen molar-refractivity contribution in [1.82, 2.24) is 9.97 Å². The number of oxazole rings is 1. The van der Waals surface area contributed by atoms with Crippen molar-refractivity contribution in [3.63, 3.8) is 0 Å². The number of hydrogen-bond donors (Lipinski definition) is 1. The highest BCUT2D eigenvalue weighted by atomic mass is 16.5. The van der Waals surface area contributed by atoms with Crippen molar-refractivity contribution in [2.45, 2.75) is 20.5 Å². The van der Waals surface area contributed by atoms with Gasteiger partial charge in [-0.3, -0.25) is 0 Å². The molecule has 0 aliphatic rings. The van der Waals surface area contributed by atoms with E-state index in [-0.39, 0.29) is 6.61 Å². The molecule has 130 valence electrons. The predicted octanol–water partition coefficient (Wildman–Crippen LogP) is 4.80. The van der Waals surface area contributed by atoms with Gasteiger partial charge in [-0.25, -0.2) is 9.78 Å². The Morgan fingerprint density at radius 3 is 2.77 bits per heavy atom. The van der Waals surface area contributed by atoms with Gasteiger partial charge in [0.2, 0.25) is 5.89 Å². The summed E-state index contributed by atoms with van der Waals surface area (Å²) in [6.07, 6.45) is 1.64. The molecule has 0 spiro atoms. The van der Waals surface area contributed by atoms with Crippen molar-refractivity contribution in [2.24, 2.45) is 0 Å². The van der Waals surface area contributed by atoms with E-state index in [2.05, 4.69) is 9.97 Å². The Labute approximate surface area is 150 Å². The van der Waals surface area contributed by atoms with Crippen LogP contribution in [0.2, 0.25) is 0 Å². The number of nitrogens with one attached hydrogen (secondary N) is 1. The molecule has 0 fully saturated rings. The van der Waals surface area contributed by atoms with Gasteiger partial charge in [0, 0.05) is 22.2 Å². The van der Waals surface area contributed by atoms with Crippen molar-refractivity contribution in [3.05, 3.63) is 77.4 Å². The molecule has 5 heteroatoms. The van der Waals surface area contributed by atoms with Crippen LogP contribution in [-0.4, -0.2) is 15.9 Å². The normalized spacial score (nSPS) is 11.0. The Bertz CT molecular complexity index is 1080. The second kappa shape index (κ2) is 6.52. The van der Waals surface area contributed by atoms with Gasteiger partial charge in [-0.2, -0.15) is 0 Å². The molecule has 26 heavy (non-hydrogen) atoms. The number of aromatic amines is 1. The van der Waals surface area contributed by atoms with Crippen LogP contribution < -0.4 is 0 Å². The van der Waals surface area contributed by atoms with Crippen LogP contribution in [0.3, 0.4) is 0 Å². The highest BCUT2D eigenvalue weighted by Crippen LogP contribution is 2.23. The van der Waals surface area contributed by atoms with Crippen LogP contribution in [0.25, 0.3) is 22.2 Å². The number of rotatable bonds is 4. The largest absolute Gasteiger partial charge is 0.452 e. The summed E-state index contributed by atoms with van der Waals surface area (Å²) in [7, 11) is 0. The van der Waals surface area contributed by atoms with Gasteiger partial charge in [-0.05, 0) is 37.6 Å². The van der Waals surface area contributed by atoms with Gasteiger partial charge < -0.3 is 14.1 Å². The maximum atomic E-state index is 12.4. The maximum Gasteiger partial charge on any atom is 0.338 e. The molecule has 0 atom stereocenters. The molecular weight excluding hydrogens is 328 g/mol. The number of aromatic nitrogens is 2. The highest BCUT2D eigenvalue weighted by molar-refractivity contribution is 5.96. The third-order valence-corrected chi connectivity index (χ3v) is 4.48. The first kappa shape index (κ1) is 16.1. The first-order valence-corrected chi connectivity index (χ1v) is 8.38. The number of ether oxygens (including phenoxy) is 1. The number of H-pyrrole nitrogens is 1. The summed E-state index contributed by atoms with van der Waals surface area (Å²) in [6.45, 7) is 4.04. The van der Waals surface area contributed by atoms with Gasteiger partial charge in [0.15, 0.2) is 12.4 Å². The molecule has 1 N–H and O–H groups in total. The fraction of sp³-hybridized carbons (Fsp3) is 0.143. The summed E-state index contributed by atoms with van der Waals surface area (Å²) < 4.78 is 11.0. The number of nitrogens with zero attached hydrogens (tertiary/aromatic N) is 1. The second-order valence-electron chi connectivity index (χ2n) is 6.20. The quantitative estimate of drug-likeness (QED) is 0.539. The fourth-order valence-electron chi connectivity index (χ4n) is 2.91. The van der Waals surface area contributed by atoms with Crippen molar-refractivity contribution in [1.29, 1.82) is 0 Å². The van der Waals surface area contributed by atoms with Crippen LogP contribution >= 0.6 is 0 Å². The molecule has 0 aliphatic heterocycles. The molecule has 5 nitrogen and oxygen atoms in total. The number of carbonyl (C=O) groups is 1. The first-order chi connectivity index (χ1) is 12.6. The number of hydrogen-bond acceptors (Lipinski definition) is 4. The van der Waals surface area contributed by atoms with Gasteiger partial charge in [0.1, 0.15) is 0 Å². The third-order valence-electron chi connectivity index (χ3n) is 4.48. The lowest BCUT2D eigenvalue weighted by Crippen LogP contribution is -2.05. The molecule has 0 saturated heterocycles. The number of aryl methyl sites for hydroxylation is 2. The summed E-state index contributed by atoms with van der Waals surface area (Å²) in [5.74, 6) is 0.619. The number of esters is 1. The molecule has 0 radical (unpaired) electrons. The van der Waals surface area contributed by atoms with Gasteiger partial charge >= 0.3 is 5.97 Å². The summed E-state index contributed by atoms with van der Waals surface area (Å²) in [5.41, 5.74) is 4.68. The molecule has 2 aromatic heterocycles. The summed E-state index contributed by atoms with van der Waals surface area (Å²) >= 11 is 0. The molecule has 2 aromatic carbocycles. The Morgan fingerprint density at radius 2 is 1.96 bits per heavy atom. The van der Waals surface area contributed by atoms with Crippen molar-refractivity contribution < 1.29 is 13.9 Å². The van der Waals surface area contributed by atoms with Crippen molar-refractivity contribution >= 4 is 16.9 Å². The topological polar surface area (TPSA) is 68.1 Å². The first-order valence-electron chi connectivity index (χ1n) is 8.38. The van der Waals surface area contributed by atoms with E-state index in [4.69, 9.17) is 9.15 Å². The van der Waals surface area contributed by atoms with Crippen molar-refractivity contribution in [3.8, 4) is 11.3 Å². The van der Waals surface area contributed by atoms with E-state index in [0.717, 1.165) is 27.7 Å². The number of fused-ring (bicyclic) bond motifs is 1. The standard InChI is InChI=1S/C21H18N2O3/c1-13-14(2)23-18-9-8-16(10-17(13)18)21(24)25-12-20-22-11-19(26-20)15-6-4-3-5-7-15/h3-11,23H,12H2,1-2H3. The molecular formula is C21H18N2O3. The Hall–Kier alpha value is -3.34. The molecule has 0 unspecified atom stereocenters. The predicted molar refractivity (Wildman–Crippen MR) is 98.8 cm³/mol. The van der Waals surface area contributed by atoms with Crippen LogP contribution in [0.5, 0.6) is 0 Å². The molecule has 0 bridgehead atoms. The zero-order valence-electron chi connectivity index (χ0n) is 14.6. The zero-order valence-corrected chi connectivity index (χ0v) is 14.6. The van der Waals surface area contributed by atoms with Crippen LogP contribution in [0.1, 0.15) is 27.5 Å². The maximum absolute atomic E-state index is 12.4. The van der Waals surface area contributed by atoms with Gasteiger partial charge in [0.05, 0.1) is 11.8 Å². The highest BCUT2D eigenvalue weighted by Gasteiger charge is 2.13. The molecule has 0 amide bonds. The van der Waals surface area contributed by atoms with E-state index < -0.39 is 5.97 Å². The average Bonchev–Trinajstić information content (AvgIpc) is 3.25. The lowest BCUT2D eigenvalue weighted by Gasteiger charge is -2.03.